The van der Waals surface area contributed by atoms with Crippen LogP contribution in [0.1, 0.15) is 46.0 Å². The molecular formula is C10H19BrO. The summed E-state index contributed by atoms with van der Waals surface area (Å²) in [6.45, 7) is 4.24. The van der Waals surface area contributed by atoms with Gasteiger partial charge in [-0.15, -0.1) is 0 Å². The average Bonchev–Trinajstić information content (AvgIpc) is 2.10. The number of rotatable bonds is 7. The molecule has 0 amide bonds. The van der Waals surface area contributed by atoms with Crippen molar-refractivity contribution in [1.29, 1.82) is 0 Å². The van der Waals surface area contributed by atoms with E-state index in [4.69, 9.17) is 0 Å². The number of ketones is 1. The van der Waals surface area contributed by atoms with Gasteiger partial charge < -0.3 is 0 Å². The number of carbonyl (C=O) groups excluding carboxylic acids is 1. The molecule has 0 aromatic rings. The lowest BCUT2D eigenvalue weighted by Gasteiger charge is -2.11. The van der Waals surface area contributed by atoms with Crippen molar-refractivity contribution >= 4 is 21.7 Å². The first-order valence-electron chi connectivity index (χ1n) is 4.84. The van der Waals surface area contributed by atoms with Crippen LogP contribution in [0.25, 0.3) is 0 Å². The van der Waals surface area contributed by atoms with Crippen LogP contribution in [0.5, 0.6) is 0 Å². The van der Waals surface area contributed by atoms with Gasteiger partial charge in [0.1, 0.15) is 5.78 Å². The van der Waals surface area contributed by atoms with Crippen LogP contribution in [-0.4, -0.2) is 11.1 Å². The Hall–Kier alpha value is 0.150. The van der Waals surface area contributed by atoms with Crippen LogP contribution in [0.2, 0.25) is 0 Å². The summed E-state index contributed by atoms with van der Waals surface area (Å²) in [5.41, 5.74) is 0. The molecule has 0 aliphatic heterocycles. The van der Waals surface area contributed by atoms with Gasteiger partial charge in [0.2, 0.25) is 0 Å². The summed E-state index contributed by atoms with van der Waals surface area (Å²) in [4.78, 5) is 11.5. The van der Waals surface area contributed by atoms with Gasteiger partial charge in [-0.05, 0) is 19.3 Å². The summed E-state index contributed by atoms with van der Waals surface area (Å²) >= 11 is 3.34. The monoisotopic (exact) mass is 234 g/mol. The van der Waals surface area contributed by atoms with Gasteiger partial charge in [0.15, 0.2) is 0 Å². The third-order valence-electron chi connectivity index (χ3n) is 2.14. The molecule has 0 spiro atoms. The van der Waals surface area contributed by atoms with Crippen LogP contribution >= 0.6 is 15.9 Å². The summed E-state index contributed by atoms with van der Waals surface area (Å²) in [5, 5.41) is 0.946. The van der Waals surface area contributed by atoms with Crippen molar-refractivity contribution in [2.24, 2.45) is 5.92 Å². The van der Waals surface area contributed by atoms with E-state index in [2.05, 4.69) is 29.8 Å². The molecule has 0 N–H and O–H groups in total. The van der Waals surface area contributed by atoms with Crippen molar-refractivity contribution in [1.82, 2.24) is 0 Å². The molecule has 0 heterocycles. The van der Waals surface area contributed by atoms with Gasteiger partial charge >= 0.3 is 0 Å². The predicted molar refractivity (Wildman–Crippen MR) is 56.7 cm³/mol. The van der Waals surface area contributed by atoms with Crippen LogP contribution in [0.4, 0.5) is 0 Å². The second-order valence-electron chi connectivity index (χ2n) is 3.15. The Balaban J connectivity index is 3.69. The average molecular weight is 235 g/mol. The summed E-state index contributed by atoms with van der Waals surface area (Å²) in [6.07, 6.45) is 4.94. The number of carbonyl (C=O) groups is 1. The minimum atomic E-state index is 0.328. The van der Waals surface area contributed by atoms with E-state index in [1.165, 1.54) is 0 Å². The minimum Gasteiger partial charge on any atom is -0.299 e. The highest BCUT2D eigenvalue weighted by atomic mass is 79.9. The first-order chi connectivity index (χ1) is 5.76. The van der Waals surface area contributed by atoms with E-state index in [1.54, 1.807) is 0 Å². The number of alkyl halides is 1. The number of halogens is 1. The van der Waals surface area contributed by atoms with Crippen molar-refractivity contribution in [3.63, 3.8) is 0 Å². The third-order valence-corrected chi connectivity index (χ3v) is 2.70. The molecule has 0 aliphatic rings. The second-order valence-corrected chi connectivity index (χ2v) is 3.95. The fourth-order valence-electron chi connectivity index (χ4n) is 1.39. The van der Waals surface area contributed by atoms with Crippen LogP contribution in [-0.2, 0) is 4.79 Å². The zero-order chi connectivity index (χ0) is 9.40. The lowest BCUT2D eigenvalue weighted by Crippen LogP contribution is -2.13. The molecule has 0 bridgehead atoms. The van der Waals surface area contributed by atoms with Crippen LogP contribution in [0, 0.1) is 5.92 Å². The van der Waals surface area contributed by atoms with Crippen molar-refractivity contribution in [3.05, 3.63) is 0 Å². The van der Waals surface area contributed by atoms with Gasteiger partial charge in [-0.2, -0.15) is 0 Å². The number of hydrogen-bond acceptors (Lipinski definition) is 1. The fourth-order valence-corrected chi connectivity index (χ4v) is 1.67. The molecule has 1 atom stereocenters. The minimum absolute atomic E-state index is 0.328. The molecule has 2 heteroatoms. The molecule has 1 unspecified atom stereocenters. The van der Waals surface area contributed by atoms with Crippen LogP contribution in [0.3, 0.4) is 0 Å². The molecule has 0 saturated carbocycles. The normalized spacial score (nSPS) is 12.9. The predicted octanol–water partition coefficient (Wildman–Crippen LogP) is 3.56. The summed E-state index contributed by atoms with van der Waals surface area (Å²) in [6, 6.07) is 0. The molecule has 0 aromatic carbocycles. The van der Waals surface area contributed by atoms with Gasteiger partial charge in [-0.25, -0.2) is 0 Å². The zero-order valence-corrected chi connectivity index (χ0v) is 9.69. The molecule has 0 rings (SSSR count). The molecule has 12 heavy (non-hydrogen) atoms. The number of hydrogen-bond donors (Lipinski definition) is 0. The highest BCUT2D eigenvalue weighted by Crippen LogP contribution is 2.14. The van der Waals surface area contributed by atoms with Crippen molar-refractivity contribution in [2.75, 3.05) is 5.33 Å². The van der Waals surface area contributed by atoms with Gasteiger partial charge in [0, 0.05) is 17.7 Å². The van der Waals surface area contributed by atoms with Crippen molar-refractivity contribution in [2.45, 2.75) is 46.0 Å². The van der Waals surface area contributed by atoms with E-state index < -0.39 is 0 Å². The molecule has 0 aromatic heterocycles. The summed E-state index contributed by atoms with van der Waals surface area (Å²) in [5.74, 6) is 0.785. The van der Waals surface area contributed by atoms with Gasteiger partial charge in [-0.1, -0.05) is 36.2 Å². The maximum atomic E-state index is 11.5. The Morgan fingerprint density at radius 2 is 2.08 bits per heavy atom. The quantitative estimate of drug-likeness (QED) is 0.616. The Morgan fingerprint density at radius 3 is 2.50 bits per heavy atom. The molecule has 72 valence electrons. The largest absolute Gasteiger partial charge is 0.299 e. The molecular weight excluding hydrogens is 216 g/mol. The molecule has 0 saturated heterocycles. The summed E-state index contributed by atoms with van der Waals surface area (Å²) < 4.78 is 0. The van der Waals surface area contributed by atoms with Gasteiger partial charge in [-0.3, -0.25) is 4.79 Å². The molecule has 1 nitrogen and oxygen atoms in total. The second kappa shape index (κ2) is 7.78. The fraction of sp³-hybridized carbons (Fsp3) is 0.900. The Kier molecular flexibility index (Phi) is 7.88. The van der Waals surface area contributed by atoms with E-state index in [1.807, 2.05) is 0 Å². The van der Waals surface area contributed by atoms with E-state index in [0.717, 1.165) is 37.4 Å². The highest BCUT2D eigenvalue weighted by molar-refractivity contribution is 9.09. The molecule has 0 radical (unpaired) electrons. The molecule has 0 aliphatic carbocycles. The van der Waals surface area contributed by atoms with E-state index in [9.17, 15) is 4.79 Å². The lowest BCUT2D eigenvalue weighted by atomic mass is 9.93. The van der Waals surface area contributed by atoms with Gasteiger partial charge in [0.05, 0.1) is 0 Å². The standard InChI is InChI=1S/C10H19BrO/c1-3-6-9(4-2)10(12)7-5-8-11/h9H,3-8H2,1-2H3. The van der Waals surface area contributed by atoms with Gasteiger partial charge in [0.25, 0.3) is 0 Å². The van der Waals surface area contributed by atoms with E-state index in [0.29, 0.717) is 11.7 Å². The number of Topliss-reactive ketones (excluding diaryl/α,β-unsaturated/α-hetero) is 1. The van der Waals surface area contributed by atoms with Crippen LogP contribution in [0.15, 0.2) is 0 Å². The Labute approximate surface area is 84.1 Å². The van der Waals surface area contributed by atoms with E-state index in [-0.39, 0.29) is 0 Å². The maximum absolute atomic E-state index is 11.5. The lowest BCUT2D eigenvalue weighted by molar-refractivity contribution is -0.123. The van der Waals surface area contributed by atoms with Crippen molar-refractivity contribution in [3.8, 4) is 0 Å². The summed E-state index contributed by atoms with van der Waals surface area (Å²) in [7, 11) is 0. The topological polar surface area (TPSA) is 17.1 Å². The Morgan fingerprint density at radius 1 is 1.42 bits per heavy atom. The first-order valence-corrected chi connectivity index (χ1v) is 5.97. The van der Waals surface area contributed by atoms with Crippen LogP contribution < -0.4 is 0 Å². The maximum Gasteiger partial charge on any atom is 0.135 e. The zero-order valence-electron chi connectivity index (χ0n) is 8.11. The molecule has 0 fully saturated rings. The highest BCUT2D eigenvalue weighted by Gasteiger charge is 2.13. The first kappa shape index (κ1) is 12.2. The smallest absolute Gasteiger partial charge is 0.135 e. The third kappa shape index (κ3) is 4.91. The van der Waals surface area contributed by atoms with Crippen molar-refractivity contribution < 1.29 is 4.79 Å². The Bertz CT molecular complexity index is 123. The SMILES string of the molecule is CCCC(CC)C(=O)CCCBr. The van der Waals surface area contributed by atoms with E-state index >= 15 is 0 Å².